The molecule has 10 heavy (non-hydrogen) atoms. The Kier molecular flexibility index (Phi) is 7.32. The largest absolute Gasteiger partial charge is 0.273 e. The summed E-state index contributed by atoms with van der Waals surface area (Å²) < 4.78 is 11.8. The molecule has 0 aliphatic rings. The third-order valence-electron chi connectivity index (χ3n) is 0.772. The van der Waals surface area contributed by atoms with E-state index in [-0.39, 0.29) is 0 Å². The Morgan fingerprint density at radius 1 is 1.40 bits per heavy atom. The molecule has 0 saturated carbocycles. The standard InChI is InChI=1S/C4H6FNO2.C2H6/c1-3(5)4(2)6(7)8;1-2/h1-2H3;1-2H3/b4-3-;. The maximum atomic E-state index is 11.8. The first-order valence-corrected chi connectivity index (χ1v) is 3.03. The number of allylic oxidation sites excluding steroid dienone is 2. The maximum absolute atomic E-state index is 11.8. The highest BCUT2D eigenvalue weighted by molar-refractivity contribution is 4.91. The molecule has 0 aromatic heterocycles. The fraction of sp³-hybridized carbons (Fsp3) is 0.667. The van der Waals surface area contributed by atoms with Gasteiger partial charge in [0.05, 0.1) is 4.92 Å². The first kappa shape index (κ1) is 11.8. The fourth-order valence-electron chi connectivity index (χ4n) is 0.126. The van der Waals surface area contributed by atoms with E-state index in [0.717, 1.165) is 13.8 Å². The zero-order valence-corrected chi connectivity index (χ0v) is 6.64. The van der Waals surface area contributed by atoms with Gasteiger partial charge in [0, 0.05) is 6.92 Å². The van der Waals surface area contributed by atoms with Crippen molar-refractivity contribution in [2.24, 2.45) is 0 Å². The molecule has 0 aromatic carbocycles. The van der Waals surface area contributed by atoms with E-state index >= 15 is 0 Å². The second-order valence-electron chi connectivity index (χ2n) is 1.38. The van der Waals surface area contributed by atoms with Crippen molar-refractivity contribution in [3.8, 4) is 0 Å². The lowest BCUT2D eigenvalue weighted by molar-refractivity contribution is -0.426. The minimum Gasteiger partial charge on any atom is -0.259 e. The lowest BCUT2D eigenvalue weighted by Crippen LogP contribution is -1.94. The number of halogens is 1. The molecule has 3 nitrogen and oxygen atoms in total. The highest BCUT2D eigenvalue weighted by atomic mass is 19.1. The summed E-state index contributed by atoms with van der Waals surface area (Å²) >= 11 is 0. The molecule has 0 atom stereocenters. The molecule has 4 heteroatoms. The molecular weight excluding hydrogens is 137 g/mol. The number of nitrogens with zero attached hydrogens (tertiary/aromatic N) is 1. The van der Waals surface area contributed by atoms with Gasteiger partial charge in [-0.3, -0.25) is 10.1 Å². The van der Waals surface area contributed by atoms with Gasteiger partial charge in [0.1, 0.15) is 0 Å². The van der Waals surface area contributed by atoms with Crippen molar-refractivity contribution >= 4 is 0 Å². The predicted octanol–water partition coefficient (Wildman–Crippen LogP) is 2.51. The minimum absolute atomic E-state index is 0.426. The summed E-state index contributed by atoms with van der Waals surface area (Å²) in [7, 11) is 0. The number of rotatable bonds is 1. The Labute approximate surface area is 59.7 Å². The zero-order valence-electron chi connectivity index (χ0n) is 6.64. The van der Waals surface area contributed by atoms with Gasteiger partial charge in [0.2, 0.25) is 0 Å². The average molecular weight is 149 g/mol. The molecule has 0 fully saturated rings. The molecular formula is C6H12FNO2. The van der Waals surface area contributed by atoms with Crippen LogP contribution in [0.25, 0.3) is 0 Å². The van der Waals surface area contributed by atoms with Crippen LogP contribution in [0.4, 0.5) is 4.39 Å². The van der Waals surface area contributed by atoms with Gasteiger partial charge in [0.15, 0.2) is 5.83 Å². The monoisotopic (exact) mass is 149 g/mol. The van der Waals surface area contributed by atoms with Crippen LogP contribution in [0.3, 0.4) is 0 Å². The van der Waals surface area contributed by atoms with E-state index in [4.69, 9.17) is 0 Å². The Bertz CT molecular complexity index is 139. The molecule has 0 amide bonds. The van der Waals surface area contributed by atoms with Crippen LogP contribution in [0.15, 0.2) is 11.5 Å². The Morgan fingerprint density at radius 2 is 1.70 bits per heavy atom. The van der Waals surface area contributed by atoms with E-state index in [0.29, 0.717) is 0 Å². The third kappa shape index (κ3) is 5.21. The van der Waals surface area contributed by atoms with Gasteiger partial charge in [-0.15, -0.1) is 0 Å². The third-order valence-corrected chi connectivity index (χ3v) is 0.772. The molecule has 0 radical (unpaired) electrons. The Balaban J connectivity index is 0. The van der Waals surface area contributed by atoms with Gasteiger partial charge in [-0.1, -0.05) is 13.8 Å². The summed E-state index contributed by atoms with van der Waals surface area (Å²) in [6.07, 6.45) is 0. The molecule has 0 bridgehead atoms. The lowest BCUT2D eigenvalue weighted by Gasteiger charge is -1.85. The van der Waals surface area contributed by atoms with Gasteiger partial charge in [-0.05, 0) is 6.92 Å². The fourth-order valence-corrected chi connectivity index (χ4v) is 0.126. The van der Waals surface area contributed by atoms with Gasteiger partial charge in [-0.25, -0.2) is 4.39 Å². The maximum Gasteiger partial charge on any atom is 0.273 e. The topological polar surface area (TPSA) is 43.1 Å². The van der Waals surface area contributed by atoms with Crippen LogP contribution in [0, 0.1) is 10.1 Å². The smallest absolute Gasteiger partial charge is 0.259 e. The molecule has 0 aromatic rings. The van der Waals surface area contributed by atoms with Crippen molar-refractivity contribution in [1.82, 2.24) is 0 Å². The number of hydrogen-bond donors (Lipinski definition) is 0. The predicted molar refractivity (Wildman–Crippen MR) is 37.8 cm³/mol. The van der Waals surface area contributed by atoms with Crippen LogP contribution in [-0.4, -0.2) is 4.92 Å². The lowest BCUT2D eigenvalue weighted by atomic mass is 10.4. The van der Waals surface area contributed by atoms with Crippen molar-refractivity contribution in [2.75, 3.05) is 0 Å². The van der Waals surface area contributed by atoms with Crippen molar-refractivity contribution in [2.45, 2.75) is 27.7 Å². The van der Waals surface area contributed by atoms with E-state index in [1.165, 1.54) is 0 Å². The highest BCUT2D eigenvalue weighted by Gasteiger charge is 2.05. The normalized spacial score (nSPS) is 10.9. The van der Waals surface area contributed by atoms with Crippen LogP contribution in [-0.2, 0) is 0 Å². The summed E-state index contributed by atoms with van der Waals surface area (Å²) in [6.45, 7) is 6.17. The zero-order chi connectivity index (χ0) is 8.73. The summed E-state index contributed by atoms with van der Waals surface area (Å²) in [4.78, 5) is 8.89. The van der Waals surface area contributed by atoms with Crippen molar-refractivity contribution < 1.29 is 9.31 Å². The molecule has 0 heterocycles. The van der Waals surface area contributed by atoms with Crippen LogP contribution in [0.5, 0.6) is 0 Å². The summed E-state index contributed by atoms with van der Waals surface area (Å²) in [5.74, 6) is -0.741. The van der Waals surface area contributed by atoms with E-state index < -0.39 is 16.4 Å². The van der Waals surface area contributed by atoms with Crippen molar-refractivity contribution in [3.05, 3.63) is 21.6 Å². The van der Waals surface area contributed by atoms with E-state index in [1.807, 2.05) is 13.8 Å². The Morgan fingerprint density at radius 3 is 1.70 bits per heavy atom. The molecule has 0 N–H and O–H groups in total. The van der Waals surface area contributed by atoms with Crippen molar-refractivity contribution in [3.63, 3.8) is 0 Å². The van der Waals surface area contributed by atoms with E-state index in [1.54, 1.807) is 0 Å². The number of nitro groups is 1. The summed E-state index contributed by atoms with van der Waals surface area (Å²) in [6, 6.07) is 0. The van der Waals surface area contributed by atoms with Crippen LogP contribution in [0.2, 0.25) is 0 Å². The molecule has 60 valence electrons. The first-order chi connectivity index (χ1) is 4.55. The van der Waals surface area contributed by atoms with E-state index in [2.05, 4.69) is 0 Å². The van der Waals surface area contributed by atoms with Gasteiger partial charge in [0.25, 0.3) is 5.70 Å². The highest BCUT2D eigenvalue weighted by Crippen LogP contribution is 2.02. The summed E-state index contributed by atoms with van der Waals surface area (Å²) in [5.41, 5.74) is -0.426. The molecule has 0 saturated heterocycles. The average Bonchev–Trinajstić information content (AvgIpc) is 1.90. The van der Waals surface area contributed by atoms with Crippen LogP contribution in [0.1, 0.15) is 27.7 Å². The van der Waals surface area contributed by atoms with Gasteiger partial charge >= 0.3 is 0 Å². The second-order valence-corrected chi connectivity index (χ2v) is 1.38. The molecule has 0 rings (SSSR count). The Hall–Kier alpha value is -0.930. The number of hydrogen-bond acceptors (Lipinski definition) is 2. The second kappa shape index (κ2) is 6.19. The molecule has 0 aliphatic heterocycles. The SMILES string of the molecule is C/C(F)=C(\C)[N+](=O)[O-].CC. The van der Waals surface area contributed by atoms with Crippen LogP contribution < -0.4 is 0 Å². The van der Waals surface area contributed by atoms with Gasteiger partial charge in [-0.2, -0.15) is 0 Å². The quantitative estimate of drug-likeness (QED) is 0.424. The molecule has 0 unspecified atom stereocenters. The minimum atomic E-state index is -0.755. The van der Waals surface area contributed by atoms with Crippen LogP contribution >= 0.6 is 0 Å². The van der Waals surface area contributed by atoms with E-state index in [9.17, 15) is 14.5 Å². The first-order valence-electron chi connectivity index (χ1n) is 3.03. The molecule has 0 spiro atoms. The van der Waals surface area contributed by atoms with Crippen molar-refractivity contribution in [1.29, 1.82) is 0 Å². The summed E-state index contributed by atoms with van der Waals surface area (Å²) in [5, 5.41) is 9.65. The van der Waals surface area contributed by atoms with Gasteiger partial charge < -0.3 is 0 Å². The molecule has 0 aliphatic carbocycles.